The van der Waals surface area contributed by atoms with E-state index in [1.807, 2.05) is 6.92 Å². The molecule has 1 atom stereocenters. The molecule has 0 saturated heterocycles. The monoisotopic (exact) mass is 304 g/mol. The predicted molar refractivity (Wildman–Crippen MR) is 62.2 cm³/mol. The molecule has 0 bridgehead atoms. The predicted octanol–water partition coefficient (Wildman–Crippen LogP) is 2.32. The number of rotatable bonds is 3. The van der Waals surface area contributed by atoms with E-state index in [9.17, 15) is 4.79 Å². The number of nitrogens with zero attached hydrogens (tertiary/aromatic N) is 2. The molecule has 0 N–H and O–H groups in total. The van der Waals surface area contributed by atoms with Crippen LogP contribution in [0.25, 0.3) is 0 Å². The Kier molecular flexibility index (Phi) is 3.61. The minimum atomic E-state index is -1.76. The van der Waals surface area contributed by atoms with Gasteiger partial charge in [0.1, 0.15) is 0 Å². The summed E-state index contributed by atoms with van der Waals surface area (Å²) in [5.74, 6) is 0.104. The van der Waals surface area contributed by atoms with Gasteiger partial charge in [-0.2, -0.15) is 0 Å². The van der Waals surface area contributed by atoms with E-state index >= 15 is 0 Å². The van der Waals surface area contributed by atoms with Crippen molar-refractivity contribution in [1.82, 2.24) is 5.01 Å². The van der Waals surface area contributed by atoms with Crippen LogP contribution in [-0.4, -0.2) is 42.1 Å². The molecule has 4 heteroatoms. The van der Waals surface area contributed by atoms with Crippen LogP contribution in [0.1, 0.15) is 19.8 Å². The number of carbonyl (C=O) groups is 1. The summed E-state index contributed by atoms with van der Waals surface area (Å²) in [4.78, 5) is 18.5. The van der Waals surface area contributed by atoms with Gasteiger partial charge in [0.15, 0.2) is 0 Å². The van der Waals surface area contributed by atoms with Crippen LogP contribution >= 0.6 is 0 Å². The zero-order chi connectivity index (χ0) is 10.9. The van der Waals surface area contributed by atoms with E-state index in [-0.39, 0.29) is 5.91 Å². The summed E-state index contributed by atoms with van der Waals surface area (Å²) in [6, 6.07) is 0. The number of carbonyl (C=O) groups excluding carboxylic acids is 1. The van der Waals surface area contributed by atoms with Gasteiger partial charge in [0.25, 0.3) is 0 Å². The minimum absolute atomic E-state index is 0.104. The Morgan fingerprint density at radius 1 is 1.57 bits per heavy atom. The molecule has 1 rings (SSSR count). The Balaban J connectivity index is 2.54. The second kappa shape index (κ2) is 4.21. The van der Waals surface area contributed by atoms with Crippen molar-refractivity contribution in [1.29, 1.82) is 0 Å². The molecule has 14 heavy (non-hydrogen) atoms. The van der Waals surface area contributed by atoms with E-state index < -0.39 is 18.4 Å². The first kappa shape index (κ1) is 12.0. The van der Waals surface area contributed by atoms with Crippen LogP contribution in [-0.2, 0) is 4.79 Å². The molecule has 0 radical (unpaired) electrons. The van der Waals surface area contributed by atoms with Gasteiger partial charge in [0.05, 0.1) is 0 Å². The second-order valence-electron chi connectivity index (χ2n) is 4.98. The second-order valence-corrected chi connectivity index (χ2v) is 20.5. The molecule has 1 aliphatic rings. The van der Waals surface area contributed by atoms with E-state index in [1.54, 1.807) is 7.05 Å². The molecule has 3 nitrogen and oxygen atoms in total. The molecule has 1 amide bonds. The van der Waals surface area contributed by atoms with Gasteiger partial charge in [-0.15, -0.1) is 0 Å². The van der Waals surface area contributed by atoms with Crippen molar-refractivity contribution >= 4 is 30.0 Å². The molecule has 1 saturated carbocycles. The standard InChI is InChI=1S/C7H11N2O.3CH3.Sn/c1-3-7(10)9(2)8-6-4-5-6;;;;/h4H,3,5H2,1-2H3;3*1H3;. The average Bonchev–Trinajstić information content (AvgIpc) is 2.81. The van der Waals surface area contributed by atoms with Crippen molar-refractivity contribution in [3.8, 4) is 0 Å². The van der Waals surface area contributed by atoms with Crippen molar-refractivity contribution in [2.24, 2.45) is 5.10 Å². The third kappa shape index (κ3) is 2.97. The Morgan fingerprint density at radius 2 is 2.14 bits per heavy atom. The molecule has 1 unspecified atom stereocenters. The van der Waals surface area contributed by atoms with Crippen LogP contribution < -0.4 is 0 Å². The molecule has 0 aromatic rings. The molecule has 0 aromatic heterocycles. The molecule has 0 aliphatic heterocycles. The van der Waals surface area contributed by atoms with Gasteiger partial charge >= 0.3 is 90.5 Å². The summed E-state index contributed by atoms with van der Waals surface area (Å²) >= 11 is -1.76. The van der Waals surface area contributed by atoms with Gasteiger partial charge in [-0.1, -0.05) is 0 Å². The molecule has 0 aromatic carbocycles. The number of hydrogen-bond donors (Lipinski definition) is 0. The normalized spacial score (nSPS) is 23.8. The molecule has 1 fully saturated rings. The Hall–Kier alpha value is -0.0613. The Labute approximate surface area is 90.4 Å². The number of hydrogen-bond acceptors (Lipinski definition) is 2. The quantitative estimate of drug-likeness (QED) is 0.582. The Bertz CT molecular complexity index is 268. The van der Waals surface area contributed by atoms with Gasteiger partial charge in [-0.05, 0) is 0 Å². The van der Waals surface area contributed by atoms with Gasteiger partial charge < -0.3 is 0 Å². The zero-order valence-electron chi connectivity index (χ0n) is 9.79. The van der Waals surface area contributed by atoms with Crippen LogP contribution in [0, 0.1) is 0 Å². The van der Waals surface area contributed by atoms with E-state index in [4.69, 9.17) is 0 Å². The summed E-state index contributed by atoms with van der Waals surface area (Å²) in [6.07, 6.45) is 1.68. The third-order valence-corrected chi connectivity index (χ3v) is 10.1. The van der Waals surface area contributed by atoms with Crippen LogP contribution in [0.2, 0.25) is 18.8 Å². The summed E-state index contributed by atoms with van der Waals surface area (Å²) < 4.78 is 0.774. The summed E-state index contributed by atoms with van der Waals surface area (Å²) in [5, 5.41) is 5.87. The zero-order valence-corrected chi connectivity index (χ0v) is 12.6. The van der Waals surface area contributed by atoms with Crippen LogP contribution in [0.5, 0.6) is 0 Å². The average molecular weight is 303 g/mol. The number of hydrazone groups is 1. The van der Waals surface area contributed by atoms with E-state index in [0.29, 0.717) is 6.42 Å². The Morgan fingerprint density at radius 3 is 2.50 bits per heavy atom. The summed E-state index contributed by atoms with van der Waals surface area (Å²) in [6.45, 7) is 1.87. The van der Waals surface area contributed by atoms with Crippen LogP contribution in [0.3, 0.4) is 0 Å². The van der Waals surface area contributed by atoms with Crippen molar-refractivity contribution in [3.63, 3.8) is 0 Å². The molecule has 80 valence electrons. The van der Waals surface area contributed by atoms with Gasteiger partial charge in [0.2, 0.25) is 0 Å². The van der Waals surface area contributed by atoms with Gasteiger partial charge in [0, 0.05) is 0 Å². The molecular weight excluding hydrogens is 283 g/mol. The van der Waals surface area contributed by atoms with Crippen molar-refractivity contribution in [2.75, 3.05) is 7.05 Å². The maximum atomic E-state index is 11.3. The first-order chi connectivity index (χ1) is 6.36. The third-order valence-electron chi connectivity index (χ3n) is 2.64. The first-order valence-electron chi connectivity index (χ1n) is 5.20. The fraction of sp³-hybridized carbons (Fsp3) is 0.800. The summed E-state index contributed by atoms with van der Waals surface area (Å²) in [5.41, 5.74) is 1.26. The summed E-state index contributed by atoms with van der Waals surface area (Å²) in [7, 11) is 1.76. The fourth-order valence-corrected chi connectivity index (χ4v) is 6.91. The number of amides is 1. The molecule has 0 spiro atoms. The topological polar surface area (TPSA) is 32.7 Å². The van der Waals surface area contributed by atoms with E-state index in [2.05, 4.69) is 19.9 Å². The maximum absolute atomic E-state index is 11.3. The van der Waals surface area contributed by atoms with Gasteiger partial charge in [-0.25, -0.2) is 0 Å². The van der Waals surface area contributed by atoms with Crippen LogP contribution in [0.15, 0.2) is 5.10 Å². The van der Waals surface area contributed by atoms with Crippen molar-refractivity contribution in [2.45, 2.75) is 38.5 Å². The van der Waals surface area contributed by atoms with Gasteiger partial charge in [-0.3, -0.25) is 0 Å². The molecule has 0 heterocycles. The van der Waals surface area contributed by atoms with E-state index in [0.717, 1.165) is 10.4 Å². The SMILES string of the molecule is CCC(=O)N(C)N=C1C[CH]1[Sn]([CH3])([CH3])[CH3]. The first-order valence-corrected chi connectivity index (χ1v) is 15.4. The molecule has 1 aliphatic carbocycles. The molecular formula is C10H20N2OSn. The van der Waals surface area contributed by atoms with Crippen molar-refractivity contribution < 1.29 is 4.79 Å². The fourth-order valence-electron chi connectivity index (χ4n) is 1.54. The van der Waals surface area contributed by atoms with E-state index in [1.165, 1.54) is 10.7 Å². The van der Waals surface area contributed by atoms with Crippen LogP contribution in [0.4, 0.5) is 0 Å². The van der Waals surface area contributed by atoms with Crippen molar-refractivity contribution in [3.05, 3.63) is 0 Å².